The Hall–Kier alpha value is -2.84. The van der Waals surface area contributed by atoms with E-state index >= 15 is 0 Å². The van der Waals surface area contributed by atoms with Gasteiger partial charge in [0, 0.05) is 30.8 Å². The molecule has 0 atom stereocenters. The Bertz CT molecular complexity index is 1000. The lowest BCUT2D eigenvalue weighted by Gasteiger charge is -2.25. The summed E-state index contributed by atoms with van der Waals surface area (Å²) >= 11 is 0. The van der Waals surface area contributed by atoms with Crippen molar-refractivity contribution in [3.05, 3.63) is 65.7 Å². The summed E-state index contributed by atoms with van der Waals surface area (Å²) in [6, 6.07) is 13.7. The molecule has 0 radical (unpaired) electrons. The van der Waals surface area contributed by atoms with Crippen LogP contribution in [0.4, 0.5) is 0 Å². The quantitative estimate of drug-likeness (QED) is 0.749. The topological polar surface area (TPSA) is 84.9 Å². The van der Waals surface area contributed by atoms with Crippen LogP contribution >= 0.6 is 0 Å². The first-order chi connectivity index (χ1) is 14.0. The van der Waals surface area contributed by atoms with E-state index in [-0.39, 0.29) is 23.9 Å². The highest BCUT2D eigenvalue weighted by Gasteiger charge is 2.27. The second-order valence-electron chi connectivity index (χ2n) is 6.51. The summed E-state index contributed by atoms with van der Waals surface area (Å²) in [5.41, 5.74) is 1.46. The molecule has 154 valence electrons. The average molecular weight is 416 g/mol. The molecule has 0 saturated carbocycles. The molecule has 1 amide bonds. The monoisotopic (exact) mass is 416 g/mol. The van der Waals surface area contributed by atoms with Crippen molar-refractivity contribution in [2.45, 2.75) is 17.9 Å². The van der Waals surface area contributed by atoms with Gasteiger partial charge in [0.15, 0.2) is 0 Å². The van der Waals surface area contributed by atoms with Gasteiger partial charge in [-0.2, -0.15) is 4.31 Å². The Labute approximate surface area is 171 Å². The fourth-order valence-corrected chi connectivity index (χ4v) is 4.49. The predicted molar refractivity (Wildman–Crippen MR) is 109 cm³/mol. The summed E-state index contributed by atoms with van der Waals surface area (Å²) in [5.74, 6) is 1.11. The standard InChI is InChI=1S/C21H24N2O5S/c1-27-18-7-9-19(10-8-18)29(25,26)23-13-11-16(12-14-23)21(24)22-15-17-5-3-4-6-20(17)28-2/h3-11H,12-15H2,1-2H3,(H,22,24). The van der Waals surface area contributed by atoms with Gasteiger partial charge in [-0.3, -0.25) is 4.79 Å². The van der Waals surface area contributed by atoms with E-state index in [1.165, 1.54) is 23.5 Å². The molecule has 0 spiro atoms. The molecule has 1 aliphatic rings. The van der Waals surface area contributed by atoms with Crippen molar-refractivity contribution in [3.8, 4) is 11.5 Å². The molecule has 2 aromatic rings. The van der Waals surface area contributed by atoms with Crippen LogP contribution in [-0.2, 0) is 21.4 Å². The number of methoxy groups -OCH3 is 2. The summed E-state index contributed by atoms with van der Waals surface area (Å²) in [4.78, 5) is 12.7. The van der Waals surface area contributed by atoms with Crippen LogP contribution in [0.2, 0.25) is 0 Å². The van der Waals surface area contributed by atoms with Crippen LogP contribution < -0.4 is 14.8 Å². The van der Waals surface area contributed by atoms with Crippen LogP contribution in [0.1, 0.15) is 12.0 Å². The number of nitrogens with one attached hydrogen (secondary N) is 1. The van der Waals surface area contributed by atoms with E-state index < -0.39 is 10.0 Å². The van der Waals surface area contributed by atoms with Gasteiger partial charge in [-0.05, 0) is 36.8 Å². The second-order valence-corrected chi connectivity index (χ2v) is 8.45. The third-order valence-corrected chi connectivity index (χ3v) is 6.67. The van der Waals surface area contributed by atoms with Gasteiger partial charge in [-0.15, -0.1) is 0 Å². The van der Waals surface area contributed by atoms with Crippen LogP contribution in [0, 0.1) is 0 Å². The smallest absolute Gasteiger partial charge is 0.247 e. The lowest BCUT2D eigenvalue weighted by Crippen LogP contribution is -2.37. The maximum absolute atomic E-state index is 12.8. The van der Waals surface area contributed by atoms with Crippen LogP contribution in [0.25, 0.3) is 0 Å². The number of benzene rings is 2. The molecule has 0 bridgehead atoms. The van der Waals surface area contributed by atoms with E-state index in [0.717, 1.165) is 5.56 Å². The maximum atomic E-state index is 12.8. The van der Waals surface area contributed by atoms with Gasteiger partial charge >= 0.3 is 0 Å². The lowest BCUT2D eigenvalue weighted by molar-refractivity contribution is -0.117. The van der Waals surface area contributed by atoms with Crippen molar-refractivity contribution in [2.75, 3.05) is 27.3 Å². The fourth-order valence-electron chi connectivity index (χ4n) is 3.11. The normalized spacial score (nSPS) is 14.8. The number of carbonyl (C=O) groups excluding carboxylic acids is 1. The first-order valence-electron chi connectivity index (χ1n) is 9.19. The number of amides is 1. The molecule has 0 aromatic heterocycles. The molecular formula is C21H24N2O5S. The molecule has 1 N–H and O–H groups in total. The van der Waals surface area contributed by atoms with Gasteiger partial charge in [0.2, 0.25) is 15.9 Å². The highest BCUT2D eigenvalue weighted by Crippen LogP contribution is 2.23. The van der Waals surface area contributed by atoms with Crippen LogP contribution in [0.15, 0.2) is 65.1 Å². The largest absolute Gasteiger partial charge is 0.497 e. The number of nitrogens with zero attached hydrogens (tertiary/aromatic N) is 1. The number of carbonyl (C=O) groups is 1. The number of hydrogen-bond donors (Lipinski definition) is 1. The highest BCUT2D eigenvalue weighted by molar-refractivity contribution is 7.89. The molecule has 1 aliphatic heterocycles. The Balaban J connectivity index is 1.62. The van der Waals surface area contributed by atoms with Crippen LogP contribution in [-0.4, -0.2) is 45.9 Å². The summed E-state index contributed by atoms with van der Waals surface area (Å²) in [5, 5.41) is 2.87. The Morgan fingerprint density at radius 3 is 2.41 bits per heavy atom. The Morgan fingerprint density at radius 2 is 1.79 bits per heavy atom. The molecule has 8 heteroatoms. The van der Waals surface area contributed by atoms with Crippen molar-refractivity contribution in [1.29, 1.82) is 0 Å². The third-order valence-electron chi connectivity index (χ3n) is 4.79. The fraction of sp³-hybridized carbons (Fsp3) is 0.286. The number of sulfonamides is 1. The number of rotatable bonds is 7. The second kappa shape index (κ2) is 9.11. The molecular weight excluding hydrogens is 392 g/mol. The van der Waals surface area contributed by atoms with Crippen LogP contribution in [0.5, 0.6) is 11.5 Å². The SMILES string of the molecule is COc1ccc(S(=O)(=O)N2CC=C(C(=O)NCc3ccccc3OC)CC2)cc1. The van der Waals surface area contributed by atoms with E-state index in [4.69, 9.17) is 9.47 Å². The summed E-state index contributed by atoms with van der Waals surface area (Å²) < 4.78 is 37.3. The van der Waals surface area contributed by atoms with Gasteiger partial charge in [0.1, 0.15) is 11.5 Å². The first-order valence-corrected chi connectivity index (χ1v) is 10.6. The average Bonchev–Trinajstić information content (AvgIpc) is 2.77. The summed E-state index contributed by atoms with van der Waals surface area (Å²) in [7, 11) is -0.503. The molecule has 3 rings (SSSR count). The molecule has 2 aromatic carbocycles. The zero-order valence-corrected chi connectivity index (χ0v) is 17.2. The van der Waals surface area contributed by atoms with Crippen molar-refractivity contribution >= 4 is 15.9 Å². The van der Waals surface area contributed by atoms with Gasteiger partial charge in [-0.1, -0.05) is 24.3 Å². The summed E-state index contributed by atoms with van der Waals surface area (Å²) in [6.07, 6.45) is 2.02. The molecule has 0 aliphatic carbocycles. The van der Waals surface area contributed by atoms with Crippen molar-refractivity contribution in [1.82, 2.24) is 9.62 Å². The van der Waals surface area contributed by atoms with E-state index in [2.05, 4.69) is 5.32 Å². The molecule has 0 unspecified atom stereocenters. The zero-order valence-electron chi connectivity index (χ0n) is 16.4. The molecule has 29 heavy (non-hydrogen) atoms. The van der Waals surface area contributed by atoms with Gasteiger partial charge in [0.05, 0.1) is 19.1 Å². The van der Waals surface area contributed by atoms with Crippen molar-refractivity contribution < 1.29 is 22.7 Å². The molecule has 0 fully saturated rings. The number of para-hydroxylation sites is 1. The van der Waals surface area contributed by atoms with E-state index in [1.807, 2.05) is 24.3 Å². The lowest BCUT2D eigenvalue weighted by atomic mass is 10.1. The van der Waals surface area contributed by atoms with Crippen molar-refractivity contribution in [2.24, 2.45) is 0 Å². The molecule has 1 heterocycles. The van der Waals surface area contributed by atoms with Gasteiger partial charge < -0.3 is 14.8 Å². The molecule has 7 nitrogen and oxygen atoms in total. The van der Waals surface area contributed by atoms with Crippen molar-refractivity contribution in [3.63, 3.8) is 0 Å². The third kappa shape index (κ3) is 4.78. The number of ether oxygens (including phenoxy) is 2. The minimum Gasteiger partial charge on any atom is -0.497 e. The van der Waals surface area contributed by atoms with Crippen LogP contribution in [0.3, 0.4) is 0 Å². The predicted octanol–water partition coefficient (Wildman–Crippen LogP) is 2.34. The first kappa shape index (κ1) is 20.9. The van der Waals surface area contributed by atoms with E-state index in [1.54, 1.807) is 25.3 Å². The van der Waals surface area contributed by atoms with E-state index in [9.17, 15) is 13.2 Å². The maximum Gasteiger partial charge on any atom is 0.247 e. The van der Waals surface area contributed by atoms with E-state index in [0.29, 0.717) is 30.0 Å². The molecule has 0 saturated heterocycles. The minimum absolute atomic E-state index is 0.159. The number of hydrogen-bond acceptors (Lipinski definition) is 5. The Morgan fingerprint density at radius 1 is 1.07 bits per heavy atom. The van der Waals surface area contributed by atoms with Gasteiger partial charge in [-0.25, -0.2) is 8.42 Å². The zero-order chi connectivity index (χ0) is 20.9. The summed E-state index contributed by atoms with van der Waals surface area (Å²) in [6.45, 7) is 0.752. The van der Waals surface area contributed by atoms with Gasteiger partial charge in [0.25, 0.3) is 0 Å². The highest BCUT2D eigenvalue weighted by atomic mass is 32.2. The minimum atomic E-state index is -3.62. The Kier molecular flexibility index (Phi) is 6.56.